The number of hydrogen-bond acceptors (Lipinski definition) is 2. The molecule has 0 aliphatic carbocycles. The van der Waals surface area contributed by atoms with Crippen molar-refractivity contribution in [3.63, 3.8) is 0 Å². The van der Waals surface area contributed by atoms with Crippen LogP contribution >= 0.6 is 12.4 Å². The smallest absolute Gasteiger partial charge is 0.249 e. The Bertz CT molecular complexity index is 364. The zero-order valence-corrected chi connectivity index (χ0v) is 11.5. The Morgan fingerprint density at radius 3 is 2.29 bits per heavy atom. The minimum atomic E-state index is -0.352. The van der Waals surface area contributed by atoms with Gasteiger partial charge in [0.15, 0.2) is 0 Å². The maximum Gasteiger partial charge on any atom is 0.249 e. The second-order valence-electron chi connectivity index (χ2n) is 3.85. The van der Waals surface area contributed by atoms with Gasteiger partial charge in [0.25, 0.3) is 0 Å². The van der Waals surface area contributed by atoms with E-state index in [-0.39, 0.29) is 24.4 Å². The number of nitrogens with two attached hydrogens (primary N) is 1. The number of amides is 1. The maximum atomic E-state index is 11.3. The highest BCUT2D eigenvalue weighted by Gasteiger charge is 2.17. The van der Waals surface area contributed by atoms with E-state index in [2.05, 4.69) is 25.7 Å². The molecule has 1 amide bonds. The number of hydrogen-bond donors (Lipinski definition) is 1. The van der Waals surface area contributed by atoms with Crippen LogP contribution in [0.3, 0.4) is 0 Å². The van der Waals surface area contributed by atoms with Gasteiger partial charge in [-0.25, -0.2) is 0 Å². The molecular formula is C13H21ClN2O. The van der Waals surface area contributed by atoms with Crippen LogP contribution in [0.1, 0.15) is 42.7 Å². The molecule has 1 aromatic rings. The van der Waals surface area contributed by atoms with Crippen molar-refractivity contribution in [1.29, 1.82) is 0 Å². The summed E-state index contributed by atoms with van der Waals surface area (Å²) in [6.07, 6.45) is 0. The lowest BCUT2D eigenvalue weighted by molar-refractivity contribution is 0.0996. The Balaban J connectivity index is 0.00000256. The summed E-state index contributed by atoms with van der Waals surface area (Å²) in [5, 5.41) is 0. The minimum absolute atomic E-state index is 0. The minimum Gasteiger partial charge on any atom is -0.366 e. The Morgan fingerprint density at radius 1 is 1.29 bits per heavy atom. The van der Waals surface area contributed by atoms with Crippen LogP contribution in [-0.4, -0.2) is 23.9 Å². The van der Waals surface area contributed by atoms with Gasteiger partial charge >= 0.3 is 0 Å². The lowest BCUT2D eigenvalue weighted by Crippen LogP contribution is -2.28. The summed E-state index contributed by atoms with van der Waals surface area (Å²) in [5.74, 6) is -0.352. The fraction of sp³-hybridized carbons (Fsp3) is 0.462. The summed E-state index contributed by atoms with van der Waals surface area (Å²) in [7, 11) is 0. The molecule has 0 saturated heterocycles. The summed E-state index contributed by atoms with van der Waals surface area (Å²) in [5.41, 5.74) is 7.02. The SMILES string of the molecule is CCN(CC)C(C)c1ccccc1C(N)=O.Cl. The predicted octanol–water partition coefficient (Wildman–Crippen LogP) is 2.61. The zero-order valence-electron chi connectivity index (χ0n) is 10.6. The van der Waals surface area contributed by atoms with Crippen molar-refractivity contribution in [2.75, 3.05) is 13.1 Å². The third kappa shape index (κ3) is 3.72. The molecule has 0 spiro atoms. The van der Waals surface area contributed by atoms with Crippen molar-refractivity contribution in [3.05, 3.63) is 35.4 Å². The lowest BCUT2D eigenvalue weighted by Gasteiger charge is -2.27. The average Bonchev–Trinajstić information content (AvgIpc) is 2.30. The predicted molar refractivity (Wildman–Crippen MR) is 73.5 cm³/mol. The van der Waals surface area contributed by atoms with Gasteiger partial charge in [-0.05, 0) is 31.6 Å². The van der Waals surface area contributed by atoms with Crippen molar-refractivity contribution in [2.45, 2.75) is 26.8 Å². The molecule has 1 unspecified atom stereocenters. The van der Waals surface area contributed by atoms with Crippen LogP contribution in [0.5, 0.6) is 0 Å². The normalized spacial score (nSPS) is 12.0. The molecule has 0 bridgehead atoms. The molecule has 3 nitrogen and oxygen atoms in total. The lowest BCUT2D eigenvalue weighted by atomic mass is 10.00. The van der Waals surface area contributed by atoms with Crippen LogP contribution in [0.4, 0.5) is 0 Å². The number of nitrogens with zero attached hydrogens (tertiary/aromatic N) is 1. The van der Waals surface area contributed by atoms with Gasteiger partial charge < -0.3 is 5.73 Å². The number of primary amides is 1. The van der Waals surface area contributed by atoms with Gasteiger partial charge in [0, 0.05) is 11.6 Å². The molecule has 0 aromatic heterocycles. The first-order valence-corrected chi connectivity index (χ1v) is 5.74. The number of carbonyl (C=O) groups excluding carboxylic acids is 1. The monoisotopic (exact) mass is 256 g/mol. The number of halogens is 1. The molecule has 0 heterocycles. The highest BCUT2D eigenvalue weighted by molar-refractivity contribution is 5.94. The molecule has 2 N–H and O–H groups in total. The third-order valence-corrected chi connectivity index (χ3v) is 3.04. The van der Waals surface area contributed by atoms with E-state index in [1.54, 1.807) is 6.07 Å². The number of benzene rings is 1. The Kier molecular flexibility index (Phi) is 6.85. The van der Waals surface area contributed by atoms with Gasteiger partial charge in [-0.1, -0.05) is 32.0 Å². The molecule has 4 heteroatoms. The largest absolute Gasteiger partial charge is 0.366 e. The van der Waals surface area contributed by atoms with Crippen LogP contribution in [0.2, 0.25) is 0 Å². The average molecular weight is 257 g/mol. The molecule has 1 rings (SSSR count). The third-order valence-electron chi connectivity index (χ3n) is 3.04. The summed E-state index contributed by atoms with van der Waals surface area (Å²) in [6, 6.07) is 7.78. The summed E-state index contributed by atoms with van der Waals surface area (Å²) < 4.78 is 0. The van der Waals surface area contributed by atoms with E-state index in [4.69, 9.17) is 5.73 Å². The summed E-state index contributed by atoms with van der Waals surface area (Å²) >= 11 is 0. The van der Waals surface area contributed by atoms with E-state index in [1.165, 1.54) is 0 Å². The van der Waals surface area contributed by atoms with Crippen molar-refractivity contribution < 1.29 is 4.79 Å². The first-order chi connectivity index (χ1) is 7.61. The van der Waals surface area contributed by atoms with E-state index in [9.17, 15) is 4.79 Å². The Morgan fingerprint density at radius 2 is 1.82 bits per heavy atom. The molecule has 17 heavy (non-hydrogen) atoms. The van der Waals surface area contributed by atoms with E-state index < -0.39 is 0 Å². The zero-order chi connectivity index (χ0) is 12.1. The standard InChI is InChI=1S/C13H20N2O.ClH/c1-4-15(5-2)10(3)11-8-6-7-9-12(11)13(14)16;/h6-10H,4-5H2,1-3H3,(H2,14,16);1H. The van der Waals surface area contributed by atoms with Crippen LogP contribution in [0, 0.1) is 0 Å². The molecule has 0 aliphatic heterocycles. The van der Waals surface area contributed by atoms with Gasteiger partial charge in [-0.15, -0.1) is 12.4 Å². The van der Waals surface area contributed by atoms with E-state index in [0.29, 0.717) is 5.56 Å². The fourth-order valence-corrected chi connectivity index (χ4v) is 2.05. The molecule has 0 radical (unpaired) electrons. The summed E-state index contributed by atoms with van der Waals surface area (Å²) in [4.78, 5) is 13.6. The van der Waals surface area contributed by atoms with E-state index in [0.717, 1.165) is 18.7 Å². The van der Waals surface area contributed by atoms with Crippen LogP contribution < -0.4 is 5.73 Å². The van der Waals surface area contributed by atoms with Crippen LogP contribution in [0.25, 0.3) is 0 Å². The maximum absolute atomic E-state index is 11.3. The van der Waals surface area contributed by atoms with Crippen LogP contribution in [-0.2, 0) is 0 Å². The van der Waals surface area contributed by atoms with Crippen molar-refractivity contribution >= 4 is 18.3 Å². The first kappa shape index (κ1) is 15.9. The second kappa shape index (κ2) is 7.30. The van der Waals surface area contributed by atoms with Crippen molar-refractivity contribution in [1.82, 2.24) is 4.90 Å². The van der Waals surface area contributed by atoms with Gasteiger partial charge in [-0.2, -0.15) is 0 Å². The molecule has 0 aliphatic rings. The van der Waals surface area contributed by atoms with E-state index >= 15 is 0 Å². The van der Waals surface area contributed by atoms with E-state index in [1.807, 2.05) is 18.2 Å². The fourth-order valence-electron chi connectivity index (χ4n) is 2.05. The molecule has 0 fully saturated rings. The molecule has 1 aromatic carbocycles. The molecular weight excluding hydrogens is 236 g/mol. The van der Waals surface area contributed by atoms with Crippen molar-refractivity contribution in [3.8, 4) is 0 Å². The topological polar surface area (TPSA) is 46.3 Å². The highest BCUT2D eigenvalue weighted by atomic mass is 35.5. The quantitative estimate of drug-likeness (QED) is 0.880. The Labute approximate surface area is 109 Å². The highest BCUT2D eigenvalue weighted by Crippen LogP contribution is 2.22. The van der Waals surface area contributed by atoms with Crippen molar-refractivity contribution in [2.24, 2.45) is 5.73 Å². The first-order valence-electron chi connectivity index (χ1n) is 5.74. The second-order valence-corrected chi connectivity index (χ2v) is 3.85. The Hall–Kier alpha value is -1.06. The van der Waals surface area contributed by atoms with Gasteiger partial charge in [-0.3, -0.25) is 9.69 Å². The molecule has 96 valence electrons. The van der Waals surface area contributed by atoms with Gasteiger partial charge in [0.2, 0.25) is 5.91 Å². The molecule has 1 atom stereocenters. The van der Waals surface area contributed by atoms with Gasteiger partial charge in [0.05, 0.1) is 0 Å². The molecule has 0 saturated carbocycles. The number of carbonyl (C=O) groups is 1. The van der Waals surface area contributed by atoms with Crippen LogP contribution in [0.15, 0.2) is 24.3 Å². The van der Waals surface area contributed by atoms with Gasteiger partial charge in [0.1, 0.15) is 0 Å². The summed E-state index contributed by atoms with van der Waals surface area (Å²) in [6.45, 7) is 8.27. The number of rotatable bonds is 5.